The molecule has 3 nitrogen and oxygen atoms in total. The first kappa shape index (κ1) is 12.5. The largest absolute Gasteiger partial charge is 0.390 e. The summed E-state index contributed by atoms with van der Waals surface area (Å²) in [4.78, 5) is 0. The lowest BCUT2D eigenvalue weighted by Gasteiger charge is -2.18. The predicted molar refractivity (Wildman–Crippen MR) is 60.8 cm³/mol. The van der Waals surface area contributed by atoms with Gasteiger partial charge in [-0.1, -0.05) is 17.7 Å². The van der Waals surface area contributed by atoms with Crippen LogP contribution in [0.3, 0.4) is 0 Å². The first-order valence-corrected chi connectivity index (χ1v) is 5.25. The fourth-order valence-electron chi connectivity index (χ4n) is 1.49. The summed E-state index contributed by atoms with van der Waals surface area (Å²) < 4.78 is 0. The number of nitrogens with two attached hydrogens (primary N) is 1. The van der Waals surface area contributed by atoms with Crippen molar-refractivity contribution in [3.05, 3.63) is 34.3 Å². The molecule has 2 unspecified atom stereocenters. The van der Waals surface area contributed by atoms with Gasteiger partial charge in [-0.2, -0.15) is 0 Å². The average Bonchev–Trinajstić information content (AvgIpc) is 2.15. The van der Waals surface area contributed by atoms with Crippen LogP contribution >= 0.6 is 11.6 Å². The molecule has 1 rings (SSSR count). The molecule has 1 aromatic rings. The fraction of sp³-hybridized carbons (Fsp3) is 0.455. The van der Waals surface area contributed by atoms with E-state index in [2.05, 4.69) is 0 Å². The summed E-state index contributed by atoms with van der Waals surface area (Å²) in [6.07, 6.45) is -1.40. The summed E-state index contributed by atoms with van der Waals surface area (Å²) in [6, 6.07) is 5.25. The smallest absolute Gasteiger partial charge is 0.105 e. The van der Waals surface area contributed by atoms with Crippen molar-refractivity contribution in [1.82, 2.24) is 0 Å². The van der Waals surface area contributed by atoms with Crippen molar-refractivity contribution >= 4 is 11.6 Å². The Balaban J connectivity index is 2.85. The highest BCUT2D eigenvalue weighted by molar-refractivity contribution is 6.30. The first-order chi connectivity index (χ1) is 7.04. The van der Waals surface area contributed by atoms with Gasteiger partial charge in [0.1, 0.15) is 6.10 Å². The van der Waals surface area contributed by atoms with Crippen LogP contribution in [0.15, 0.2) is 18.2 Å². The maximum absolute atomic E-state index is 9.80. The molecule has 0 spiro atoms. The molecule has 0 heterocycles. The second-order valence-corrected chi connectivity index (χ2v) is 4.09. The van der Waals surface area contributed by atoms with Crippen LogP contribution in [0.2, 0.25) is 5.02 Å². The zero-order chi connectivity index (χ0) is 11.4. The number of aryl methyl sites for hydroxylation is 1. The maximum Gasteiger partial charge on any atom is 0.105 e. The molecule has 0 amide bonds. The molecule has 0 aliphatic rings. The van der Waals surface area contributed by atoms with Crippen molar-refractivity contribution in [2.75, 3.05) is 6.54 Å². The number of rotatable bonds is 4. The van der Waals surface area contributed by atoms with Crippen LogP contribution in [0, 0.1) is 6.92 Å². The van der Waals surface area contributed by atoms with Crippen molar-refractivity contribution < 1.29 is 10.2 Å². The maximum atomic E-state index is 9.80. The molecule has 4 N–H and O–H groups in total. The molecular formula is C11H16ClNO2. The van der Waals surface area contributed by atoms with Crippen LogP contribution in [0.5, 0.6) is 0 Å². The SMILES string of the molecule is Cc1cc(Cl)cc(C(O)C(O)CCN)c1. The first-order valence-electron chi connectivity index (χ1n) is 4.88. The van der Waals surface area contributed by atoms with E-state index in [9.17, 15) is 10.2 Å². The van der Waals surface area contributed by atoms with Gasteiger partial charge < -0.3 is 15.9 Å². The molecule has 0 fully saturated rings. The number of benzene rings is 1. The lowest BCUT2D eigenvalue weighted by atomic mass is 10.0. The van der Waals surface area contributed by atoms with E-state index in [4.69, 9.17) is 17.3 Å². The third kappa shape index (κ3) is 3.47. The molecule has 0 aromatic heterocycles. The van der Waals surface area contributed by atoms with E-state index in [1.807, 2.05) is 6.92 Å². The van der Waals surface area contributed by atoms with Gasteiger partial charge in [-0.25, -0.2) is 0 Å². The van der Waals surface area contributed by atoms with Crippen LogP contribution in [0.25, 0.3) is 0 Å². The molecule has 2 atom stereocenters. The normalized spacial score (nSPS) is 15.0. The van der Waals surface area contributed by atoms with Gasteiger partial charge in [0, 0.05) is 5.02 Å². The minimum absolute atomic E-state index is 0.345. The topological polar surface area (TPSA) is 66.5 Å². The molecule has 0 aliphatic carbocycles. The van der Waals surface area contributed by atoms with Gasteiger partial charge in [-0.15, -0.1) is 0 Å². The summed E-state index contributed by atoms with van der Waals surface area (Å²) in [5.74, 6) is 0. The molecule has 0 radical (unpaired) electrons. The van der Waals surface area contributed by atoms with E-state index in [1.165, 1.54) is 0 Å². The summed E-state index contributed by atoms with van der Waals surface area (Å²) in [5, 5.41) is 19.9. The van der Waals surface area contributed by atoms with Crippen LogP contribution in [-0.4, -0.2) is 22.9 Å². The molecule has 0 saturated carbocycles. The van der Waals surface area contributed by atoms with Crippen LogP contribution in [-0.2, 0) is 0 Å². The summed E-state index contributed by atoms with van der Waals surface area (Å²) in [6.45, 7) is 2.23. The lowest BCUT2D eigenvalue weighted by Crippen LogP contribution is -2.21. The molecule has 15 heavy (non-hydrogen) atoms. The number of aliphatic hydroxyl groups excluding tert-OH is 2. The second kappa shape index (κ2) is 5.47. The van der Waals surface area contributed by atoms with E-state index in [1.54, 1.807) is 18.2 Å². The molecule has 0 aliphatic heterocycles. The van der Waals surface area contributed by atoms with Gasteiger partial charge in [0.05, 0.1) is 6.10 Å². The summed E-state index contributed by atoms with van der Waals surface area (Å²) >= 11 is 5.86. The van der Waals surface area contributed by atoms with Crippen molar-refractivity contribution in [2.24, 2.45) is 5.73 Å². The highest BCUT2D eigenvalue weighted by Crippen LogP contribution is 2.23. The number of hydrogen-bond donors (Lipinski definition) is 3. The van der Waals surface area contributed by atoms with E-state index >= 15 is 0 Å². The standard InChI is InChI=1S/C11H16ClNO2/c1-7-4-8(6-9(12)5-7)11(15)10(14)2-3-13/h4-6,10-11,14-15H,2-3,13H2,1H3. The molecule has 1 aromatic carbocycles. The molecule has 84 valence electrons. The summed E-state index contributed by atoms with van der Waals surface area (Å²) in [5.41, 5.74) is 6.89. The minimum Gasteiger partial charge on any atom is -0.390 e. The van der Waals surface area contributed by atoms with Gasteiger partial charge in [0.2, 0.25) is 0 Å². The Hall–Kier alpha value is -0.610. The third-order valence-electron chi connectivity index (χ3n) is 2.23. The van der Waals surface area contributed by atoms with Crippen molar-refractivity contribution in [3.63, 3.8) is 0 Å². The van der Waals surface area contributed by atoms with Crippen LogP contribution in [0.1, 0.15) is 23.7 Å². The minimum atomic E-state index is -0.925. The Kier molecular flexibility index (Phi) is 4.54. The van der Waals surface area contributed by atoms with E-state index in [0.29, 0.717) is 23.6 Å². The molecular weight excluding hydrogens is 214 g/mol. The third-order valence-corrected chi connectivity index (χ3v) is 2.45. The van der Waals surface area contributed by atoms with Crippen molar-refractivity contribution in [3.8, 4) is 0 Å². The monoisotopic (exact) mass is 229 g/mol. The lowest BCUT2D eigenvalue weighted by molar-refractivity contribution is 0.0150. The number of halogens is 1. The van der Waals surface area contributed by atoms with Gasteiger partial charge >= 0.3 is 0 Å². The highest BCUT2D eigenvalue weighted by Gasteiger charge is 2.17. The zero-order valence-corrected chi connectivity index (χ0v) is 9.41. The summed E-state index contributed by atoms with van der Waals surface area (Å²) in [7, 11) is 0. The Bertz CT molecular complexity index is 310. The van der Waals surface area contributed by atoms with E-state index in [-0.39, 0.29) is 0 Å². The Labute approximate surface area is 94.5 Å². The number of aliphatic hydroxyl groups is 2. The quantitative estimate of drug-likeness (QED) is 0.731. The van der Waals surface area contributed by atoms with Crippen LogP contribution in [0.4, 0.5) is 0 Å². The molecule has 0 saturated heterocycles. The van der Waals surface area contributed by atoms with E-state index < -0.39 is 12.2 Å². The molecule has 4 heteroatoms. The van der Waals surface area contributed by atoms with Crippen LogP contribution < -0.4 is 5.73 Å². The average molecular weight is 230 g/mol. The second-order valence-electron chi connectivity index (χ2n) is 3.65. The zero-order valence-electron chi connectivity index (χ0n) is 8.65. The Morgan fingerprint density at radius 1 is 1.33 bits per heavy atom. The van der Waals surface area contributed by atoms with Crippen molar-refractivity contribution in [2.45, 2.75) is 25.6 Å². The predicted octanol–water partition coefficient (Wildman–Crippen LogP) is 1.39. The van der Waals surface area contributed by atoms with E-state index in [0.717, 1.165) is 5.56 Å². The van der Waals surface area contributed by atoms with Gasteiger partial charge in [0.15, 0.2) is 0 Å². The number of hydrogen-bond acceptors (Lipinski definition) is 3. The van der Waals surface area contributed by atoms with Crippen molar-refractivity contribution in [1.29, 1.82) is 0 Å². The van der Waals surface area contributed by atoms with Gasteiger partial charge in [0.25, 0.3) is 0 Å². The van der Waals surface area contributed by atoms with Gasteiger partial charge in [-0.3, -0.25) is 0 Å². The Morgan fingerprint density at radius 2 is 2.00 bits per heavy atom. The molecule has 0 bridgehead atoms. The van der Waals surface area contributed by atoms with Gasteiger partial charge in [-0.05, 0) is 43.1 Å². The highest BCUT2D eigenvalue weighted by atomic mass is 35.5. The fourth-order valence-corrected chi connectivity index (χ4v) is 1.78. The Morgan fingerprint density at radius 3 is 2.53 bits per heavy atom.